The third-order valence-corrected chi connectivity index (χ3v) is 7.26. The van der Waals surface area contributed by atoms with Crippen molar-refractivity contribution in [2.45, 2.75) is 88.7 Å². The highest BCUT2D eigenvalue weighted by molar-refractivity contribution is 6.11. The number of allylic oxidation sites excluding steroid dienone is 2. The second kappa shape index (κ2) is 8.11. The lowest BCUT2D eigenvalue weighted by Gasteiger charge is -2.36. The average molecular weight is 298 g/mol. The molecule has 3 saturated carbocycles. The van der Waals surface area contributed by atoms with Gasteiger partial charge in [-0.25, -0.2) is 0 Å². The smallest absolute Gasteiger partial charge is 0.0851 e. The molecule has 0 aromatic heterocycles. The molecule has 0 bridgehead atoms. The van der Waals surface area contributed by atoms with Crippen LogP contribution in [0.25, 0.3) is 0 Å². The second-order valence-electron chi connectivity index (χ2n) is 9.10. The van der Waals surface area contributed by atoms with Crippen molar-refractivity contribution in [2.75, 3.05) is 0 Å². The molecule has 0 spiro atoms. The maximum Gasteiger partial charge on any atom is 0.105 e. The number of hydrogen-bond donors (Lipinski definition) is 0. The molecule has 0 unspecified atom stereocenters. The Bertz CT molecular complexity index is 341. The van der Waals surface area contributed by atoms with Crippen LogP contribution in [0.3, 0.4) is 0 Å². The van der Waals surface area contributed by atoms with Gasteiger partial charge in [0.15, 0.2) is 0 Å². The Kier molecular flexibility index (Phi) is 6.16. The maximum absolute atomic E-state index is 2.62. The molecule has 0 amide bonds. The van der Waals surface area contributed by atoms with E-state index in [4.69, 9.17) is 0 Å². The number of rotatable bonds is 3. The molecule has 3 fully saturated rings. The first-order chi connectivity index (χ1) is 10.7. The molecule has 0 radical (unpaired) electrons. The maximum atomic E-state index is 2.62. The van der Waals surface area contributed by atoms with Crippen LogP contribution in [0.2, 0.25) is 11.6 Å². The average Bonchev–Trinajstić information content (AvgIpc) is 2.56. The van der Waals surface area contributed by atoms with Crippen LogP contribution in [0.1, 0.15) is 77.0 Å². The summed E-state index contributed by atoms with van der Waals surface area (Å²) in [6, 6.07) is 0. The van der Waals surface area contributed by atoms with Gasteiger partial charge in [0.1, 0.15) is 15.7 Å². The Labute approximate surface area is 140 Å². The van der Waals surface area contributed by atoms with Crippen molar-refractivity contribution in [3.63, 3.8) is 0 Å². The SMILES string of the molecule is BC1CCC(/C=C/C2CCC(C3CCC(B)CC3)CC2)CC1. The molecule has 0 nitrogen and oxygen atoms in total. The first-order valence-electron chi connectivity index (χ1n) is 10.4. The van der Waals surface area contributed by atoms with Crippen molar-refractivity contribution in [1.82, 2.24) is 0 Å². The first kappa shape index (κ1) is 16.7. The molecule has 0 aromatic rings. The first-order valence-corrected chi connectivity index (χ1v) is 10.4. The van der Waals surface area contributed by atoms with Gasteiger partial charge >= 0.3 is 0 Å². The summed E-state index contributed by atoms with van der Waals surface area (Å²) in [4.78, 5) is 0. The van der Waals surface area contributed by atoms with Gasteiger partial charge in [0.05, 0.1) is 0 Å². The molecule has 0 N–H and O–H groups in total. The fourth-order valence-electron chi connectivity index (χ4n) is 5.36. The third kappa shape index (κ3) is 4.68. The van der Waals surface area contributed by atoms with E-state index in [1.54, 1.807) is 0 Å². The van der Waals surface area contributed by atoms with E-state index in [0.29, 0.717) is 0 Å². The molecule has 0 aromatic carbocycles. The molecule has 2 heteroatoms. The highest BCUT2D eigenvalue weighted by atomic mass is 14.3. The monoisotopic (exact) mass is 298 g/mol. The van der Waals surface area contributed by atoms with Gasteiger partial charge in [0, 0.05) is 0 Å². The molecule has 0 saturated heterocycles. The standard InChI is InChI=1S/C20H36B2/c21-19-11-5-16(6-12-19)2-1-15-3-7-17(8-4-15)18-9-13-20(22)14-10-18/h1-2,15-20H,3-14,21-22H2/b2-1+. The van der Waals surface area contributed by atoms with Crippen LogP contribution in [0.5, 0.6) is 0 Å². The molecule has 3 aliphatic carbocycles. The Hall–Kier alpha value is -0.130. The van der Waals surface area contributed by atoms with Crippen LogP contribution in [0.4, 0.5) is 0 Å². The zero-order valence-electron chi connectivity index (χ0n) is 15.1. The second-order valence-corrected chi connectivity index (χ2v) is 9.10. The van der Waals surface area contributed by atoms with Gasteiger partial charge < -0.3 is 0 Å². The minimum atomic E-state index is 0.911. The fraction of sp³-hybridized carbons (Fsp3) is 0.900. The van der Waals surface area contributed by atoms with Crippen LogP contribution >= 0.6 is 0 Å². The van der Waals surface area contributed by atoms with Gasteiger partial charge in [-0.15, -0.1) is 0 Å². The van der Waals surface area contributed by atoms with Crippen molar-refractivity contribution in [3.05, 3.63) is 12.2 Å². The summed E-state index contributed by atoms with van der Waals surface area (Å²) in [5, 5.41) is 0. The summed E-state index contributed by atoms with van der Waals surface area (Å²) < 4.78 is 0. The molecule has 3 rings (SSSR count). The lowest BCUT2D eigenvalue weighted by atomic mass is 9.65. The lowest BCUT2D eigenvalue weighted by molar-refractivity contribution is 0.180. The van der Waals surface area contributed by atoms with E-state index in [9.17, 15) is 0 Å². The van der Waals surface area contributed by atoms with Crippen LogP contribution in [0.15, 0.2) is 12.2 Å². The third-order valence-electron chi connectivity index (χ3n) is 7.26. The van der Waals surface area contributed by atoms with Gasteiger partial charge in [-0.3, -0.25) is 0 Å². The summed E-state index contributed by atoms with van der Waals surface area (Å²) >= 11 is 0. The minimum Gasteiger partial charge on any atom is -0.0851 e. The number of hydrogen-bond acceptors (Lipinski definition) is 0. The summed E-state index contributed by atoms with van der Waals surface area (Å²) in [7, 11) is 4.87. The highest BCUT2D eigenvalue weighted by Crippen LogP contribution is 2.42. The van der Waals surface area contributed by atoms with E-state index in [-0.39, 0.29) is 0 Å². The fourth-order valence-corrected chi connectivity index (χ4v) is 5.36. The van der Waals surface area contributed by atoms with Crippen LogP contribution in [-0.2, 0) is 0 Å². The van der Waals surface area contributed by atoms with Crippen molar-refractivity contribution in [3.8, 4) is 0 Å². The Morgan fingerprint density at radius 3 is 1.23 bits per heavy atom. The van der Waals surface area contributed by atoms with E-state index >= 15 is 0 Å². The Balaban J connectivity index is 1.38. The van der Waals surface area contributed by atoms with Gasteiger partial charge in [0.25, 0.3) is 0 Å². The predicted molar refractivity (Wildman–Crippen MR) is 103 cm³/mol. The zero-order chi connectivity index (χ0) is 15.4. The Morgan fingerprint density at radius 1 is 0.455 bits per heavy atom. The largest absolute Gasteiger partial charge is 0.105 e. The van der Waals surface area contributed by atoms with Crippen molar-refractivity contribution in [2.24, 2.45) is 23.7 Å². The lowest BCUT2D eigenvalue weighted by Crippen LogP contribution is -2.24. The van der Waals surface area contributed by atoms with E-state index in [0.717, 1.165) is 35.3 Å². The Morgan fingerprint density at radius 2 is 0.773 bits per heavy atom. The molecule has 0 heterocycles. The van der Waals surface area contributed by atoms with Crippen molar-refractivity contribution >= 4 is 15.7 Å². The van der Waals surface area contributed by atoms with Crippen LogP contribution < -0.4 is 0 Å². The molecule has 22 heavy (non-hydrogen) atoms. The molecule has 122 valence electrons. The predicted octanol–water partition coefficient (Wildman–Crippen LogP) is 4.57. The zero-order valence-corrected chi connectivity index (χ0v) is 15.1. The molecule has 0 atom stereocenters. The summed E-state index contributed by atoms with van der Waals surface area (Å²) in [6.45, 7) is 0. The van der Waals surface area contributed by atoms with Crippen molar-refractivity contribution < 1.29 is 0 Å². The summed E-state index contributed by atoms with van der Waals surface area (Å²) in [6.07, 6.45) is 23.1. The molecule has 0 aliphatic heterocycles. The van der Waals surface area contributed by atoms with Gasteiger partial charge in [-0.1, -0.05) is 62.3 Å². The van der Waals surface area contributed by atoms with E-state index < -0.39 is 0 Å². The van der Waals surface area contributed by atoms with Gasteiger partial charge in [-0.2, -0.15) is 0 Å². The quantitative estimate of drug-likeness (QED) is 0.529. The summed E-state index contributed by atoms with van der Waals surface area (Å²) in [5.41, 5.74) is 0. The van der Waals surface area contributed by atoms with Crippen LogP contribution in [0, 0.1) is 23.7 Å². The van der Waals surface area contributed by atoms with Gasteiger partial charge in [-0.05, 0) is 62.2 Å². The topological polar surface area (TPSA) is 0 Å². The molecular formula is C20H36B2. The molecular weight excluding hydrogens is 262 g/mol. The van der Waals surface area contributed by atoms with Crippen LogP contribution in [-0.4, -0.2) is 15.7 Å². The van der Waals surface area contributed by atoms with E-state index in [2.05, 4.69) is 27.8 Å². The van der Waals surface area contributed by atoms with Gasteiger partial charge in [0.2, 0.25) is 0 Å². The van der Waals surface area contributed by atoms with E-state index in [1.807, 2.05) is 0 Å². The van der Waals surface area contributed by atoms with E-state index in [1.165, 1.54) is 77.0 Å². The van der Waals surface area contributed by atoms with Crippen molar-refractivity contribution in [1.29, 1.82) is 0 Å². The summed E-state index contributed by atoms with van der Waals surface area (Å²) in [5.74, 6) is 5.98. The minimum absolute atomic E-state index is 0.911. The molecule has 3 aliphatic rings. The highest BCUT2D eigenvalue weighted by Gasteiger charge is 2.29. The normalized spacial score (nSPS) is 44.2.